The molecular formula is C27H25N3O5. The van der Waals surface area contributed by atoms with Gasteiger partial charge < -0.3 is 9.15 Å². The van der Waals surface area contributed by atoms with E-state index in [-0.39, 0.29) is 24.5 Å². The summed E-state index contributed by atoms with van der Waals surface area (Å²) in [5.41, 5.74) is 5.81. The minimum Gasteiger partial charge on any atom is -0.457 e. The lowest BCUT2D eigenvalue weighted by atomic mass is 10.1. The van der Waals surface area contributed by atoms with Gasteiger partial charge >= 0.3 is 5.97 Å². The summed E-state index contributed by atoms with van der Waals surface area (Å²) in [5.74, 6) is -0.123. The van der Waals surface area contributed by atoms with Crippen molar-refractivity contribution in [3.63, 3.8) is 0 Å². The largest absolute Gasteiger partial charge is 0.457 e. The maximum absolute atomic E-state index is 12.7. The molecule has 2 aromatic heterocycles. The summed E-state index contributed by atoms with van der Waals surface area (Å²) < 4.78 is 12.4. The molecule has 1 N–H and O–H groups in total. The Morgan fingerprint density at radius 1 is 1.00 bits per heavy atom. The number of esters is 1. The molecule has 0 spiro atoms. The van der Waals surface area contributed by atoms with Crippen LogP contribution in [0.3, 0.4) is 0 Å². The fourth-order valence-corrected chi connectivity index (χ4v) is 3.64. The maximum atomic E-state index is 12.7. The molecular weight excluding hydrogens is 446 g/mol. The standard InChI is InChI=1S/C27H25N3O5/c1-18-15-22(19(2)30(18)29-27(33)21-11-7-4-8-12-21)23(31)17-34-26(32)14-13-25-28-16-24(35-25)20-9-5-3-6-10-20/h3-12,15-16H,13-14,17H2,1-2H3,(H,29,33). The second kappa shape index (κ2) is 10.6. The Balaban J connectivity index is 1.30. The summed E-state index contributed by atoms with van der Waals surface area (Å²) in [6, 6.07) is 20.0. The van der Waals surface area contributed by atoms with E-state index in [1.165, 1.54) is 0 Å². The van der Waals surface area contributed by atoms with Crippen LogP contribution in [0.25, 0.3) is 11.3 Å². The minimum atomic E-state index is -0.524. The first-order valence-electron chi connectivity index (χ1n) is 11.2. The molecule has 0 aliphatic heterocycles. The third-order valence-electron chi connectivity index (χ3n) is 5.50. The van der Waals surface area contributed by atoms with Crippen molar-refractivity contribution >= 4 is 17.7 Å². The molecule has 0 saturated heterocycles. The number of amides is 1. The SMILES string of the molecule is Cc1cc(C(=O)COC(=O)CCc2ncc(-c3ccccc3)o2)c(C)n1NC(=O)c1ccccc1. The number of rotatable bonds is 9. The van der Waals surface area contributed by atoms with Crippen molar-refractivity contribution in [2.75, 3.05) is 12.0 Å². The lowest BCUT2D eigenvalue weighted by Crippen LogP contribution is -2.25. The van der Waals surface area contributed by atoms with Crippen molar-refractivity contribution in [3.05, 3.63) is 101 Å². The van der Waals surface area contributed by atoms with Gasteiger partial charge in [-0.1, -0.05) is 48.5 Å². The summed E-state index contributed by atoms with van der Waals surface area (Å²) in [7, 11) is 0. The van der Waals surface area contributed by atoms with Crippen molar-refractivity contribution in [2.24, 2.45) is 0 Å². The Hall–Kier alpha value is -4.46. The quantitative estimate of drug-likeness (QED) is 0.285. The van der Waals surface area contributed by atoms with Crippen LogP contribution in [0.15, 0.2) is 77.3 Å². The van der Waals surface area contributed by atoms with E-state index in [1.54, 1.807) is 55.1 Å². The van der Waals surface area contributed by atoms with Crippen molar-refractivity contribution in [2.45, 2.75) is 26.7 Å². The van der Waals surface area contributed by atoms with Gasteiger partial charge in [0.15, 0.2) is 18.3 Å². The lowest BCUT2D eigenvalue weighted by molar-refractivity contribution is -0.142. The van der Waals surface area contributed by atoms with Gasteiger partial charge in [0, 0.05) is 34.5 Å². The van der Waals surface area contributed by atoms with Gasteiger partial charge in [-0.2, -0.15) is 0 Å². The van der Waals surface area contributed by atoms with Crippen LogP contribution in [0, 0.1) is 13.8 Å². The number of oxazole rings is 1. The number of nitrogens with one attached hydrogen (secondary N) is 1. The summed E-state index contributed by atoms with van der Waals surface area (Å²) in [5, 5.41) is 0. The summed E-state index contributed by atoms with van der Waals surface area (Å²) >= 11 is 0. The van der Waals surface area contributed by atoms with E-state index >= 15 is 0 Å². The van der Waals surface area contributed by atoms with Gasteiger partial charge in [-0.3, -0.25) is 24.5 Å². The second-order valence-corrected chi connectivity index (χ2v) is 8.00. The predicted octanol–water partition coefficient (Wildman–Crippen LogP) is 4.50. The van der Waals surface area contributed by atoms with Gasteiger partial charge in [0.25, 0.3) is 5.91 Å². The van der Waals surface area contributed by atoms with Gasteiger partial charge in [-0.25, -0.2) is 4.98 Å². The Morgan fingerprint density at radius 2 is 1.69 bits per heavy atom. The van der Waals surface area contributed by atoms with E-state index in [0.29, 0.717) is 34.2 Å². The number of nitrogens with zero attached hydrogens (tertiary/aromatic N) is 2. The Kier molecular flexibility index (Phi) is 7.21. The fraction of sp³-hybridized carbons (Fsp3) is 0.185. The molecule has 178 valence electrons. The Labute approximate surface area is 202 Å². The van der Waals surface area contributed by atoms with Gasteiger partial charge in [-0.15, -0.1) is 0 Å². The molecule has 8 nitrogen and oxygen atoms in total. The number of carbonyl (C=O) groups is 3. The molecule has 0 atom stereocenters. The second-order valence-electron chi connectivity index (χ2n) is 8.00. The molecule has 2 aromatic carbocycles. The molecule has 0 radical (unpaired) electrons. The maximum Gasteiger partial charge on any atom is 0.306 e. The zero-order chi connectivity index (χ0) is 24.8. The fourth-order valence-electron chi connectivity index (χ4n) is 3.64. The van der Waals surface area contributed by atoms with Crippen LogP contribution in [0.5, 0.6) is 0 Å². The first-order chi connectivity index (χ1) is 16.9. The molecule has 0 aliphatic carbocycles. The molecule has 4 aromatic rings. The smallest absolute Gasteiger partial charge is 0.306 e. The van der Waals surface area contributed by atoms with Crippen molar-refractivity contribution in [3.8, 4) is 11.3 Å². The first-order valence-corrected chi connectivity index (χ1v) is 11.2. The highest BCUT2D eigenvalue weighted by molar-refractivity contribution is 6.01. The van der Waals surface area contributed by atoms with Crippen molar-refractivity contribution < 1.29 is 23.5 Å². The zero-order valence-electron chi connectivity index (χ0n) is 19.5. The number of benzene rings is 2. The highest BCUT2D eigenvalue weighted by atomic mass is 16.5. The van der Waals surface area contributed by atoms with Crippen LogP contribution in [0.2, 0.25) is 0 Å². The molecule has 0 saturated carbocycles. The number of ketones is 1. The van der Waals surface area contributed by atoms with Crippen LogP contribution in [0.4, 0.5) is 0 Å². The molecule has 0 fully saturated rings. The highest BCUT2D eigenvalue weighted by Gasteiger charge is 2.19. The molecule has 4 rings (SSSR count). The van der Waals surface area contributed by atoms with E-state index in [4.69, 9.17) is 9.15 Å². The van der Waals surface area contributed by atoms with Gasteiger partial charge in [0.2, 0.25) is 5.78 Å². The molecule has 35 heavy (non-hydrogen) atoms. The normalized spacial score (nSPS) is 10.7. The van der Waals surface area contributed by atoms with Crippen LogP contribution in [0.1, 0.15) is 44.4 Å². The monoisotopic (exact) mass is 471 g/mol. The summed E-state index contributed by atoms with van der Waals surface area (Å²) in [4.78, 5) is 41.6. The topological polar surface area (TPSA) is 103 Å². The molecule has 0 unspecified atom stereocenters. The number of ether oxygens (including phenoxy) is 1. The number of Topliss-reactive ketones (excluding diaryl/α,β-unsaturated/α-hetero) is 1. The molecule has 2 heterocycles. The Morgan fingerprint density at radius 3 is 2.40 bits per heavy atom. The molecule has 0 bridgehead atoms. The zero-order valence-corrected chi connectivity index (χ0v) is 19.5. The van der Waals surface area contributed by atoms with Crippen molar-refractivity contribution in [1.82, 2.24) is 9.66 Å². The number of hydrogen-bond acceptors (Lipinski definition) is 6. The summed E-state index contributed by atoms with van der Waals surface area (Å²) in [6.07, 6.45) is 1.92. The van der Waals surface area contributed by atoms with E-state index in [2.05, 4.69) is 10.4 Å². The van der Waals surface area contributed by atoms with E-state index in [0.717, 1.165) is 5.56 Å². The van der Waals surface area contributed by atoms with Crippen LogP contribution in [-0.4, -0.2) is 33.9 Å². The highest BCUT2D eigenvalue weighted by Crippen LogP contribution is 2.20. The van der Waals surface area contributed by atoms with Gasteiger partial charge in [0.1, 0.15) is 0 Å². The van der Waals surface area contributed by atoms with Crippen LogP contribution < -0.4 is 5.43 Å². The lowest BCUT2D eigenvalue weighted by Gasteiger charge is -2.11. The number of hydrogen-bond donors (Lipinski definition) is 1. The predicted molar refractivity (Wildman–Crippen MR) is 130 cm³/mol. The summed E-state index contributed by atoms with van der Waals surface area (Å²) in [6.45, 7) is 3.11. The van der Waals surface area contributed by atoms with E-state index in [1.807, 2.05) is 36.4 Å². The average Bonchev–Trinajstić information content (AvgIpc) is 3.47. The Bertz CT molecular complexity index is 1340. The molecule has 8 heteroatoms. The van der Waals surface area contributed by atoms with Gasteiger partial charge in [0.05, 0.1) is 12.6 Å². The minimum absolute atomic E-state index is 0.0359. The van der Waals surface area contributed by atoms with Gasteiger partial charge in [-0.05, 0) is 32.0 Å². The number of carbonyl (C=O) groups excluding carboxylic acids is 3. The number of aryl methyl sites for hydroxylation is 2. The third kappa shape index (κ3) is 5.73. The van der Waals surface area contributed by atoms with Crippen LogP contribution >= 0.6 is 0 Å². The third-order valence-corrected chi connectivity index (χ3v) is 5.50. The van der Waals surface area contributed by atoms with E-state index in [9.17, 15) is 14.4 Å². The number of aromatic nitrogens is 2. The molecule has 0 aliphatic rings. The van der Waals surface area contributed by atoms with Crippen molar-refractivity contribution in [1.29, 1.82) is 0 Å². The van der Waals surface area contributed by atoms with E-state index < -0.39 is 12.6 Å². The average molecular weight is 472 g/mol. The first kappa shape index (κ1) is 23.7. The van der Waals surface area contributed by atoms with Crippen LogP contribution in [-0.2, 0) is 16.0 Å². The molecule has 1 amide bonds.